The first kappa shape index (κ1) is 16.2. The van der Waals surface area contributed by atoms with Crippen LogP contribution in [0.4, 0.5) is 15.8 Å². The van der Waals surface area contributed by atoms with Crippen LogP contribution in [-0.4, -0.2) is 18.4 Å². The Bertz CT molecular complexity index is 766. The average Bonchev–Trinajstić information content (AvgIpc) is 2.91. The maximum Gasteiger partial charge on any atom is 0.239 e. The maximum atomic E-state index is 12.9. The molecule has 0 radical (unpaired) electrons. The molecule has 3 rings (SSSR count). The number of rotatable bonds is 3. The van der Waals surface area contributed by atoms with Gasteiger partial charge in [0, 0.05) is 17.9 Å². The van der Waals surface area contributed by atoms with Gasteiger partial charge in [-0.1, -0.05) is 18.2 Å². The van der Waals surface area contributed by atoms with E-state index in [2.05, 4.69) is 5.32 Å². The summed E-state index contributed by atoms with van der Waals surface area (Å²) in [7, 11) is 0. The van der Waals surface area contributed by atoms with Crippen LogP contribution >= 0.6 is 0 Å². The first-order valence-corrected chi connectivity index (χ1v) is 7.91. The summed E-state index contributed by atoms with van der Waals surface area (Å²) in [6, 6.07) is 11.4. The van der Waals surface area contributed by atoms with Crippen molar-refractivity contribution in [3.05, 3.63) is 59.4 Å². The molecule has 4 nitrogen and oxygen atoms in total. The monoisotopic (exact) mass is 326 g/mol. The molecule has 0 aromatic heterocycles. The van der Waals surface area contributed by atoms with Crippen molar-refractivity contribution in [1.82, 2.24) is 0 Å². The van der Waals surface area contributed by atoms with Crippen molar-refractivity contribution >= 4 is 23.2 Å². The molecule has 0 aliphatic carbocycles. The molecule has 1 aliphatic rings. The summed E-state index contributed by atoms with van der Waals surface area (Å²) in [6.45, 7) is 4.44. The van der Waals surface area contributed by atoms with Gasteiger partial charge in [-0.15, -0.1) is 0 Å². The Hall–Kier alpha value is -2.69. The van der Waals surface area contributed by atoms with Gasteiger partial charge in [0.2, 0.25) is 11.8 Å². The summed E-state index contributed by atoms with van der Waals surface area (Å²) in [6.07, 6.45) is 0.472. The van der Waals surface area contributed by atoms with Gasteiger partial charge in [-0.3, -0.25) is 9.59 Å². The second kappa shape index (κ2) is 6.43. The minimum absolute atomic E-state index is 0.188. The number of aryl methyl sites for hydroxylation is 2. The number of anilines is 2. The summed E-state index contributed by atoms with van der Waals surface area (Å²) in [5.74, 6) is -1.62. The Morgan fingerprint density at radius 3 is 2.38 bits per heavy atom. The van der Waals surface area contributed by atoms with E-state index in [0.717, 1.165) is 16.8 Å². The van der Waals surface area contributed by atoms with E-state index in [1.807, 2.05) is 32.0 Å². The van der Waals surface area contributed by atoms with Gasteiger partial charge >= 0.3 is 0 Å². The lowest BCUT2D eigenvalue weighted by Gasteiger charge is -2.21. The number of hydrogen-bond donors (Lipinski definition) is 1. The van der Waals surface area contributed by atoms with Gasteiger partial charge in [0.15, 0.2) is 0 Å². The van der Waals surface area contributed by atoms with Gasteiger partial charge < -0.3 is 10.2 Å². The number of nitrogens with zero attached hydrogens (tertiary/aromatic N) is 1. The predicted octanol–water partition coefficient (Wildman–Crippen LogP) is 3.43. The predicted molar refractivity (Wildman–Crippen MR) is 91.4 cm³/mol. The second-order valence-corrected chi connectivity index (χ2v) is 6.07. The first-order chi connectivity index (χ1) is 11.5. The van der Waals surface area contributed by atoms with E-state index in [1.54, 1.807) is 4.90 Å². The minimum Gasteiger partial charge on any atom is -0.325 e. The molecule has 2 aromatic carbocycles. The third kappa shape index (κ3) is 3.02. The van der Waals surface area contributed by atoms with Crippen LogP contribution in [0.15, 0.2) is 42.5 Å². The van der Waals surface area contributed by atoms with Crippen LogP contribution in [-0.2, 0) is 9.59 Å². The fourth-order valence-corrected chi connectivity index (χ4v) is 3.14. The Kier molecular flexibility index (Phi) is 4.34. The number of para-hydroxylation sites is 1. The van der Waals surface area contributed by atoms with E-state index < -0.39 is 5.92 Å². The van der Waals surface area contributed by atoms with Crippen molar-refractivity contribution in [2.45, 2.75) is 20.3 Å². The molecule has 1 atom stereocenters. The minimum atomic E-state index is -0.714. The normalized spacial score (nSPS) is 17.2. The topological polar surface area (TPSA) is 49.4 Å². The second-order valence-electron chi connectivity index (χ2n) is 6.07. The van der Waals surface area contributed by atoms with E-state index >= 15 is 0 Å². The SMILES string of the molecule is Cc1cccc(C)c1N1CCC(C(=O)Nc2ccc(F)cc2)C1=O. The molecule has 1 N–H and O–H groups in total. The van der Waals surface area contributed by atoms with Gasteiger partial charge in [0.1, 0.15) is 11.7 Å². The van der Waals surface area contributed by atoms with Gasteiger partial charge in [0.05, 0.1) is 0 Å². The van der Waals surface area contributed by atoms with E-state index in [4.69, 9.17) is 0 Å². The Labute approximate surface area is 140 Å². The van der Waals surface area contributed by atoms with Crippen LogP contribution in [0.3, 0.4) is 0 Å². The molecule has 1 heterocycles. The lowest BCUT2D eigenvalue weighted by atomic mass is 10.1. The van der Waals surface area contributed by atoms with Crippen LogP contribution in [0.1, 0.15) is 17.5 Å². The molecule has 24 heavy (non-hydrogen) atoms. The smallest absolute Gasteiger partial charge is 0.239 e. The molecule has 5 heteroatoms. The number of hydrogen-bond acceptors (Lipinski definition) is 2. The van der Waals surface area contributed by atoms with Gasteiger partial charge in [-0.05, 0) is 55.7 Å². The third-order valence-corrected chi connectivity index (χ3v) is 4.34. The van der Waals surface area contributed by atoms with E-state index in [1.165, 1.54) is 24.3 Å². The van der Waals surface area contributed by atoms with Crippen molar-refractivity contribution in [1.29, 1.82) is 0 Å². The van der Waals surface area contributed by atoms with Crippen molar-refractivity contribution in [2.75, 3.05) is 16.8 Å². The maximum absolute atomic E-state index is 12.9. The fraction of sp³-hybridized carbons (Fsp3) is 0.263. The van der Waals surface area contributed by atoms with E-state index in [-0.39, 0.29) is 17.6 Å². The summed E-state index contributed by atoms with van der Waals surface area (Å²) in [4.78, 5) is 26.8. The molecule has 2 aromatic rings. The van der Waals surface area contributed by atoms with Crippen LogP contribution < -0.4 is 10.2 Å². The van der Waals surface area contributed by atoms with Crippen molar-refractivity contribution in [2.24, 2.45) is 5.92 Å². The third-order valence-electron chi connectivity index (χ3n) is 4.34. The molecule has 1 fully saturated rings. The molecule has 0 spiro atoms. The van der Waals surface area contributed by atoms with Gasteiger partial charge in [-0.25, -0.2) is 4.39 Å². The molecule has 1 saturated heterocycles. The highest BCUT2D eigenvalue weighted by molar-refractivity contribution is 6.13. The zero-order valence-electron chi connectivity index (χ0n) is 13.7. The average molecular weight is 326 g/mol. The summed E-state index contributed by atoms with van der Waals surface area (Å²) in [5.41, 5.74) is 3.41. The quantitative estimate of drug-likeness (QED) is 0.879. The van der Waals surface area contributed by atoms with E-state index in [9.17, 15) is 14.0 Å². The van der Waals surface area contributed by atoms with Crippen molar-refractivity contribution in [3.8, 4) is 0 Å². The van der Waals surface area contributed by atoms with Crippen LogP contribution in [0.25, 0.3) is 0 Å². The number of nitrogens with one attached hydrogen (secondary N) is 1. The highest BCUT2D eigenvalue weighted by atomic mass is 19.1. The largest absolute Gasteiger partial charge is 0.325 e. The Morgan fingerprint density at radius 1 is 1.12 bits per heavy atom. The summed E-state index contributed by atoms with van der Waals surface area (Å²) < 4.78 is 12.9. The van der Waals surface area contributed by atoms with Gasteiger partial charge in [0.25, 0.3) is 0 Å². The Balaban J connectivity index is 1.76. The molecule has 124 valence electrons. The standard InChI is InChI=1S/C19H19FN2O2/c1-12-4-3-5-13(2)17(12)22-11-10-16(19(22)24)18(23)21-15-8-6-14(20)7-9-15/h3-9,16H,10-11H2,1-2H3,(H,21,23). The zero-order valence-corrected chi connectivity index (χ0v) is 13.7. The number of carbonyl (C=O) groups is 2. The lowest BCUT2D eigenvalue weighted by molar-refractivity contribution is -0.129. The number of benzene rings is 2. The number of amides is 2. The highest BCUT2D eigenvalue weighted by Gasteiger charge is 2.38. The van der Waals surface area contributed by atoms with Gasteiger partial charge in [-0.2, -0.15) is 0 Å². The molecule has 0 saturated carbocycles. The van der Waals surface area contributed by atoms with Crippen LogP contribution in [0, 0.1) is 25.6 Å². The number of carbonyl (C=O) groups excluding carboxylic acids is 2. The van der Waals surface area contributed by atoms with Crippen LogP contribution in [0.5, 0.6) is 0 Å². The lowest BCUT2D eigenvalue weighted by Crippen LogP contribution is -2.33. The molecule has 2 amide bonds. The fourth-order valence-electron chi connectivity index (χ4n) is 3.14. The number of halogens is 1. The molecule has 1 unspecified atom stereocenters. The van der Waals surface area contributed by atoms with Crippen molar-refractivity contribution in [3.63, 3.8) is 0 Å². The zero-order chi connectivity index (χ0) is 17.3. The van der Waals surface area contributed by atoms with E-state index in [0.29, 0.717) is 18.7 Å². The summed E-state index contributed by atoms with van der Waals surface area (Å²) >= 11 is 0. The molecule has 1 aliphatic heterocycles. The Morgan fingerprint density at radius 2 is 1.75 bits per heavy atom. The highest BCUT2D eigenvalue weighted by Crippen LogP contribution is 2.31. The molecular formula is C19H19FN2O2. The molecular weight excluding hydrogens is 307 g/mol. The molecule has 0 bridgehead atoms. The van der Waals surface area contributed by atoms with Crippen molar-refractivity contribution < 1.29 is 14.0 Å². The first-order valence-electron chi connectivity index (χ1n) is 7.91. The summed E-state index contributed by atoms with van der Waals surface area (Å²) in [5, 5.41) is 2.69. The van der Waals surface area contributed by atoms with Crippen LogP contribution in [0.2, 0.25) is 0 Å².